The third-order valence-electron chi connectivity index (χ3n) is 5.74. The van der Waals surface area contributed by atoms with Gasteiger partial charge in [-0.15, -0.1) is 0 Å². The number of hydrogen-bond acceptors (Lipinski definition) is 3. The van der Waals surface area contributed by atoms with Crippen LogP contribution in [0.5, 0.6) is 0 Å². The molecule has 3 N–H and O–H groups in total. The van der Waals surface area contributed by atoms with Gasteiger partial charge in [-0.3, -0.25) is 4.79 Å². The summed E-state index contributed by atoms with van der Waals surface area (Å²) >= 11 is 0. The van der Waals surface area contributed by atoms with Gasteiger partial charge in [0.2, 0.25) is 5.91 Å². The second-order valence-corrected chi connectivity index (χ2v) is 8.50. The average Bonchev–Trinajstić information content (AvgIpc) is 3.25. The number of nitrogens with one attached hydrogen (secondary N) is 2. The lowest BCUT2D eigenvalue weighted by molar-refractivity contribution is -0.123. The van der Waals surface area contributed by atoms with Crippen molar-refractivity contribution in [2.24, 2.45) is 11.3 Å². The Bertz CT molecular complexity index is 583. The van der Waals surface area contributed by atoms with E-state index in [1.54, 1.807) is 0 Å². The van der Waals surface area contributed by atoms with Gasteiger partial charge in [-0.1, -0.05) is 45.0 Å². The normalized spacial score (nSPS) is 23.8. The summed E-state index contributed by atoms with van der Waals surface area (Å²) in [5.41, 5.74) is 2.45. The molecule has 1 saturated carbocycles. The minimum absolute atomic E-state index is 0.104. The van der Waals surface area contributed by atoms with Gasteiger partial charge < -0.3 is 15.7 Å². The first kappa shape index (κ1) is 17.4. The Morgan fingerprint density at radius 1 is 1.29 bits per heavy atom. The summed E-state index contributed by atoms with van der Waals surface area (Å²) in [5, 5.41) is 16.6. The molecule has 2 atom stereocenters. The molecule has 132 valence electrons. The number of carbonyl (C=O) groups is 1. The summed E-state index contributed by atoms with van der Waals surface area (Å²) in [5.74, 6) is 0.261. The van der Waals surface area contributed by atoms with E-state index in [0.717, 1.165) is 37.9 Å². The minimum atomic E-state index is -0.648. The molecule has 2 aliphatic rings. The van der Waals surface area contributed by atoms with E-state index in [-0.39, 0.29) is 22.7 Å². The molecule has 2 fully saturated rings. The van der Waals surface area contributed by atoms with Gasteiger partial charge in [-0.05, 0) is 54.3 Å². The molecule has 1 saturated heterocycles. The van der Waals surface area contributed by atoms with E-state index in [1.165, 1.54) is 5.56 Å². The van der Waals surface area contributed by atoms with Crippen LogP contribution in [0.4, 0.5) is 0 Å². The van der Waals surface area contributed by atoms with Crippen LogP contribution in [0.1, 0.15) is 57.3 Å². The number of aliphatic hydroxyl groups is 1. The summed E-state index contributed by atoms with van der Waals surface area (Å²) in [4.78, 5) is 12.4. The monoisotopic (exact) mass is 330 g/mol. The third-order valence-corrected chi connectivity index (χ3v) is 5.74. The molecule has 2 unspecified atom stereocenters. The highest BCUT2D eigenvalue weighted by molar-refractivity contribution is 5.82. The molecule has 4 nitrogen and oxygen atoms in total. The number of aliphatic hydroxyl groups excluding tert-OH is 1. The average molecular weight is 330 g/mol. The Hall–Kier alpha value is -1.39. The van der Waals surface area contributed by atoms with Crippen molar-refractivity contribution in [2.45, 2.75) is 51.6 Å². The van der Waals surface area contributed by atoms with Crippen molar-refractivity contribution in [3.8, 4) is 0 Å². The maximum absolute atomic E-state index is 12.4. The fraction of sp³-hybridized carbons (Fsp3) is 0.650. The van der Waals surface area contributed by atoms with Crippen molar-refractivity contribution >= 4 is 5.91 Å². The molecule has 1 heterocycles. The molecule has 4 heteroatoms. The van der Waals surface area contributed by atoms with Crippen LogP contribution in [-0.2, 0) is 10.2 Å². The fourth-order valence-electron chi connectivity index (χ4n) is 3.84. The summed E-state index contributed by atoms with van der Waals surface area (Å²) in [6.45, 7) is 8.85. The number of rotatable bonds is 4. The van der Waals surface area contributed by atoms with E-state index in [2.05, 4.69) is 43.5 Å². The molecule has 1 aromatic rings. The number of benzene rings is 1. The van der Waals surface area contributed by atoms with E-state index < -0.39 is 6.10 Å². The number of carbonyl (C=O) groups excluding carboxylic acids is 1. The first-order valence-corrected chi connectivity index (χ1v) is 9.09. The Kier molecular flexibility index (Phi) is 4.71. The molecule has 1 aliphatic carbocycles. The van der Waals surface area contributed by atoms with Crippen LogP contribution < -0.4 is 10.6 Å². The molecule has 1 spiro atoms. The van der Waals surface area contributed by atoms with Gasteiger partial charge in [-0.2, -0.15) is 0 Å². The topological polar surface area (TPSA) is 61.4 Å². The maximum Gasteiger partial charge on any atom is 0.223 e. The Balaban J connectivity index is 1.50. The standard InChI is InChI=1S/C20H30N2O2/c1-19(2,3)15-6-4-14(5-7-15)17(23)13-22-18(24)16-12-20(16)8-10-21-11-9-20/h4-7,16-17,21,23H,8-13H2,1-3H3,(H,22,24). The molecule has 1 aromatic carbocycles. The van der Waals surface area contributed by atoms with Crippen LogP contribution in [0.2, 0.25) is 0 Å². The van der Waals surface area contributed by atoms with Gasteiger partial charge in [0.25, 0.3) is 0 Å². The number of amides is 1. The zero-order valence-electron chi connectivity index (χ0n) is 15.1. The van der Waals surface area contributed by atoms with Crippen LogP contribution in [0.3, 0.4) is 0 Å². The second-order valence-electron chi connectivity index (χ2n) is 8.50. The van der Waals surface area contributed by atoms with Gasteiger partial charge in [0.05, 0.1) is 6.10 Å². The van der Waals surface area contributed by atoms with Gasteiger partial charge in [-0.25, -0.2) is 0 Å². The van der Waals surface area contributed by atoms with Crippen molar-refractivity contribution in [3.63, 3.8) is 0 Å². The summed E-state index contributed by atoms with van der Waals surface area (Å²) < 4.78 is 0. The van der Waals surface area contributed by atoms with Gasteiger partial charge in [0.1, 0.15) is 0 Å². The Labute approximate surface area is 145 Å². The van der Waals surface area contributed by atoms with Crippen LogP contribution in [-0.4, -0.2) is 30.6 Å². The molecular formula is C20H30N2O2. The van der Waals surface area contributed by atoms with Crippen molar-refractivity contribution in [1.82, 2.24) is 10.6 Å². The lowest BCUT2D eigenvalue weighted by Crippen LogP contribution is -2.35. The Morgan fingerprint density at radius 3 is 2.50 bits per heavy atom. The van der Waals surface area contributed by atoms with Crippen molar-refractivity contribution < 1.29 is 9.90 Å². The van der Waals surface area contributed by atoms with E-state index in [9.17, 15) is 9.90 Å². The second kappa shape index (κ2) is 6.49. The van der Waals surface area contributed by atoms with E-state index >= 15 is 0 Å². The molecule has 1 aliphatic heterocycles. The molecule has 1 amide bonds. The predicted octanol–water partition coefficient (Wildman–Crippen LogP) is 2.52. The highest BCUT2D eigenvalue weighted by atomic mass is 16.3. The lowest BCUT2D eigenvalue weighted by Gasteiger charge is -2.23. The van der Waals surface area contributed by atoms with E-state index in [4.69, 9.17) is 0 Å². The van der Waals surface area contributed by atoms with Crippen LogP contribution in [0.25, 0.3) is 0 Å². The molecule has 0 radical (unpaired) electrons. The third kappa shape index (κ3) is 3.65. The first-order chi connectivity index (χ1) is 11.3. The Morgan fingerprint density at radius 2 is 1.92 bits per heavy atom. The first-order valence-electron chi connectivity index (χ1n) is 9.09. The molecule has 3 rings (SSSR count). The smallest absolute Gasteiger partial charge is 0.223 e. The highest BCUT2D eigenvalue weighted by Crippen LogP contribution is 2.58. The summed E-state index contributed by atoms with van der Waals surface area (Å²) in [6.07, 6.45) is 2.56. The quantitative estimate of drug-likeness (QED) is 0.795. The van der Waals surface area contributed by atoms with Crippen LogP contribution in [0, 0.1) is 11.3 Å². The highest BCUT2D eigenvalue weighted by Gasteiger charge is 2.57. The van der Waals surface area contributed by atoms with Crippen molar-refractivity contribution in [2.75, 3.05) is 19.6 Å². The zero-order valence-corrected chi connectivity index (χ0v) is 15.1. The summed E-state index contributed by atoms with van der Waals surface area (Å²) in [7, 11) is 0. The SMILES string of the molecule is CC(C)(C)c1ccc(C(O)CNC(=O)C2CC23CCNCC3)cc1. The molecule has 24 heavy (non-hydrogen) atoms. The maximum atomic E-state index is 12.4. The number of piperidine rings is 1. The van der Waals surface area contributed by atoms with E-state index in [1.807, 2.05) is 12.1 Å². The van der Waals surface area contributed by atoms with E-state index in [0.29, 0.717) is 6.54 Å². The van der Waals surface area contributed by atoms with Gasteiger partial charge >= 0.3 is 0 Å². The molecule has 0 bridgehead atoms. The lowest BCUT2D eigenvalue weighted by atomic mass is 9.86. The van der Waals surface area contributed by atoms with Crippen molar-refractivity contribution in [1.29, 1.82) is 0 Å². The molecular weight excluding hydrogens is 300 g/mol. The number of hydrogen-bond donors (Lipinski definition) is 3. The fourth-order valence-corrected chi connectivity index (χ4v) is 3.84. The van der Waals surface area contributed by atoms with Crippen LogP contribution >= 0.6 is 0 Å². The summed E-state index contributed by atoms with van der Waals surface area (Å²) in [6, 6.07) is 8.04. The van der Waals surface area contributed by atoms with Gasteiger partial charge in [0, 0.05) is 12.5 Å². The zero-order chi connectivity index (χ0) is 17.4. The predicted molar refractivity (Wildman–Crippen MR) is 95.8 cm³/mol. The van der Waals surface area contributed by atoms with Crippen LogP contribution in [0.15, 0.2) is 24.3 Å². The minimum Gasteiger partial charge on any atom is -0.387 e. The van der Waals surface area contributed by atoms with Crippen molar-refractivity contribution in [3.05, 3.63) is 35.4 Å². The largest absolute Gasteiger partial charge is 0.387 e. The van der Waals surface area contributed by atoms with Gasteiger partial charge in [0.15, 0.2) is 0 Å². The molecule has 0 aromatic heterocycles.